The quantitative estimate of drug-likeness (QED) is 0.363. The molecule has 0 spiro atoms. The lowest BCUT2D eigenvalue weighted by Crippen LogP contribution is -2.42. The summed E-state index contributed by atoms with van der Waals surface area (Å²) in [6.45, 7) is 3.25. The minimum Gasteiger partial charge on any atom is -0.340 e. The lowest BCUT2D eigenvalue weighted by molar-refractivity contribution is -0.117. The van der Waals surface area contributed by atoms with Crippen LogP contribution in [-0.2, 0) is 11.8 Å². The molecule has 0 bridgehead atoms. The van der Waals surface area contributed by atoms with Gasteiger partial charge in [-0.3, -0.25) is 23.9 Å². The summed E-state index contributed by atoms with van der Waals surface area (Å²) in [6.07, 6.45) is 0. The average molecular weight is 498 g/mol. The Bertz CT molecular complexity index is 1510. The van der Waals surface area contributed by atoms with Gasteiger partial charge in [0.1, 0.15) is 11.7 Å². The Morgan fingerprint density at radius 1 is 0.784 bits per heavy atom. The van der Waals surface area contributed by atoms with Crippen molar-refractivity contribution < 1.29 is 14.4 Å². The van der Waals surface area contributed by atoms with Crippen LogP contribution in [0.15, 0.2) is 89.7 Å². The third-order valence-electron chi connectivity index (χ3n) is 6.00. The van der Waals surface area contributed by atoms with E-state index in [-0.39, 0.29) is 22.7 Å². The van der Waals surface area contributed by atoms with Crippen molar-refractivity contribution in [2.24, 2.45) is 7.05 Å². The Morgan fingerprint density at radius 2 is 1.38 bits per heavy atom. The number of para-hydroxylation sites is 2. The van der Waals surface area contributed by atoms with E-state index in [1.54, 1.807) is 85.4 Å². The summed E-state index contributed by atoms with van der Waals surface area (Å²) >= 11 is 0. The lowest BCUT2D eigenvalue weighted by Gasteiger charge is -2.16. The highest BCUT2D eigenvalue weighted by molar-refractivity contribution is 6.10. The molecule has 3 amide bonds. The fraction of sp³-hybridized carbons (Fsp3) is 0.143. The van der Waals surface area contributed by atoms with Gasteiger partial charge < -0.3 is 16.0 Å². The predicted octanol–water partition coefficient (Wildman–Crippen LogP) is 3.49. The number of amides is 3. The van der Waals surface area contributed by atoms with Crippen LogP contribution in [0, 0.1) is 6.92 Å². The fourth-order valence-corrected chi connectivity index (χ4v) is 3.86. The van der Waals surface area contributed by atoms with E-state index in [4.69, 9.17) is 0 Å². The molecule has 1 aromatic heterocycles. The highest BCUT2D eigenvalue weighted by atomic mass is 16.2. The fourth-order valence-electron chi connectivity index (χ4n) is 3.86. The number of carbonyl (C=O) groups is 3. The minimum absolute atomic E-state index is 0.132. The number of aromatic nitrogens is 2. The molecule has 0 saturated carbocycles. The number of hydrogen-bond acceptors (Lipinski definition) is 4. The Balaban J connectivity index is 1.48. The molecule has 4 rings (SSSR count). The van der Waals surface area contributed by atoms with Gasteiger partial charge in [-0.05, 0) is 50.2 Å². The van der Waals surface area contributed by atoms with Gasteiger partial charge in [-0.15, -0.1) is 0 Å². The van der Waals surface area contributed by atoms with Crippen LogP contribution < -0.4 is 21.5 Å². The molecule has 1 heterocycles. The topological polar surface area (TPSA) is 114 Å². The number of rotatable bonds is 7. The first-order chi connectivity index (χ1) is 17.8. The molecule has 0 fully saturated rings. The number of nitrogens with one attached hydrogen (secondary N) is 3. The van der Waals surface area contributed by atoms with Crippen molar-refractivity contribution in [3.8, 4) is 5.69 Å². The molecule has 0 saturated heterocycles. The van der Waals surface area contributed by atoms with E-state index in [0.29, 0.717) is 22.6 Å². The molecule has 4 aromatic rings. The van der Waals surface area contributed by atoms with E-state index < -0.39 is 17.9 Å². The van der Waals surface area contributed by atoms with Crippen LogP contribution in [-0.4, -0.2) is 33.1 Å². The molecule has 3 N–H and O–H groups in total. The van der Waals surface area contributed by atoms with Gasteiger partial charge in [0, 0.05) is 12.6 Å². The molecular weight excluding hydrogens is 470 g/mol. The van der Waals surface area contributed by atoms with Crippen molar-refractivity contribution in [3.05, 3.63) is 112 Å². The van der Waals surface area contributed by atoms with Gasteiger partial charge in [-0.1, -0.05) is 48.5 Å². The number of anilines is 2. The second-order valence-electron chi connectivity index (χ2n) is 8.49. The van der Waals surface area contributed by atoms with Crippen LogP contribution in [0.3, 0.4) is 0 Å². The lowest BCUT2D eigenvalue weighted by atomic mass is 10.1. The molecule has 9 heteroatoms. The Hall–Kier alpha value is -4.92. The Kier molecular flexibility index (Phi) is 7.34. The molecule has 37 heavy (non-hydrogen) atoms. The molecule has 0 aliphatic rings. The molecule has 0 aliphatic carbocycles. The van der Waals surface area contributed by atoms with Gasteiger partial charge in [0.15, 0.2) is 0 Å². The van der Waals surface area contributed by atoms with Crippen LogP contribution in [0.25, 0.3) is 5.69 Å². The smallest absolute Gasteiger partial charge is 0.295 e. The van der Waals surface area contributed by atoms with Crippen molar-refractivity contribution in [1.29, 1.82) is 0 Å². The van der Waals surface area contributed by atoms with Gasteiger partial charge in [0.25, 0.3) is 17.4 Å². The first-order valence-corrected chi connectivity index (χ1v) is 11.7. The third-order valence-corrected chi connectivity index (χ3v) is 6.00. The molecule has 1 atom stereocenters. The normalized spacial score (nSPS) is 11.4. The van der Waals surface area contributed by atoms with Gasteiger partial charge >= 0.3 is 0 Å². The van der Waals surface area contributed by atoms with E-state index in [0.717, 1.165) is 0 Å². The number of nitrogens with zero attached hydrogens (tertiary/aromatic N) is 2. The maximum absolute atomic E-state index is 13.1. The van der Waals surface area contributed by atoms with E-state index in [2.05, 4.69) is 16.0 Å². The van der Waals surface area contributed by atoms with Crippen LogP contribution >= 0.6 is 0 Å². The molecule has 0 unspecified atom stereocenters. The zero-order valence-electron chi connectivity index (χ0n) is 20.7. The van der Waals surface area contributed by atoms with Crippen LogP contribution in [0.4, 0.5) is 11.4 Å². The Labute approximate surface area is 213 Å². The molecule has 0 aliphatic heterocycles. The average Bonchev–Trinajstić information content (AvgIpc) is 3.12. The van der Waals surface area contributed by atoms with E-state index in [1.165, 1.54) is 11.6 Å². The third kappa shape index (κ3) is 5.35. The highest BCUT2D eigenvalue weighted by Gasteiger charge is 2.23. The van der Waals surface area contributed by atoms with Crippen molar-refractivity contribution in [3.63, 3.8) is 0 Å². The summed E-state index contributed by atoms with van der Waals surface area (Å²) in [6, 6.07) is 23.3. The first-order valence-electron chi connectivity index (χ1n) is 11.7. The summed E-state index contributed by atoms with van der Waals surface area (Å²) in [5.41, 5.74) is 1.94. The maximum atomic E-state index is 13.1. The highest BCUT2D eigenvalue weighted by Crippen LogP contribution is 2.17. The van der Waals surface area contributed by atoms with Crippen LogP contribution in [0.1, 0.15) is 33.3 Å². The standard InChI is InChI=1S/C28H27N5O4/c1-18(25(34)31-24-19(2)32(3)33(28(24)37)21-14-8-5-9-15-21)29-27(36)22-16-10-11-17-23(22)30-26(35)20-12-6-4-7-13-20/h4-18H,1-3H3,(H,29,36)(H,30,35)(H,31,34)/t18-/m1/s1. The van der Waals surface area contributed by atoms with Crippen molar-refractivity contribution in [1.82, 2.24) is 14.7 Å². The van der Waals surface area contributed by atoms with Gasteiger partial charge in [0.2, 0.25) is 5.91 Å². The van der Waals surface area contributed by atoms with Gasteiger partial charge in [-0.25, -0.2) is 4.68 Å². The largest absolute Gasteiger partial charge is 0.340 e. The van der Waals surface area contributed by atoms with E-state index in [1.807, 2.05) is 18.2 Å². The predicted molar refractivity (Wildman–Crippen MR) is 142 cm³/mol. The zero-order valence-corrected chi connectivity index (χ0v) is 20.7. The molecule has 9 nitrogen and oxygen atoms in total. The molecular formula is C28H27N5O4. The van der Waals surface area contributed by atoms with Crippen LogP contribution in [0.5, 0.6) is 0 Å². The number of carbonyl (C=O) groups excluding carboxylic acids is 3. The summed E-state index contributed by atoms with van der Waals surface area (Å²) in [4.78, 5) is 51.6. The monoisotopic (exact) mass is 497 g/mol. The van der Waals surface area contributed by atoms with Crippen molar-refractivity contribution in [2.45, 2.75) is 19.9 Å². The van der Waals surface area contributed by atoms with Crippen molar-refractivity contribution >= 4 is 29.1 Å². The second-order valence-corrected chi connectivity index (χ2v) is 8.49. The minimum atomic E-state index is -0.963. The summed E-state index contributed by atoms with van der Waals surface area (Å²) in [5, 5.41) is 8.04. The SMILES string of the molecule is Cc1c(NC(=O)[C@@H](C)NC(=O)c2ccccc2NC(=O)c2ccccc2)c(=O)n(-c2ccccc2)n1C. The molecule has 0 radical (unpaired) electrons. The molecule has 3 aromatic carbocycles. The second kappa shape index (κ2) is 10.8. The van der Waals surface area contributed by atoms with Gasteiger partial charge in [-0.2, -0.15) is 0 Å². The Morgan fingerprint density at radius 3 is 2.05 bits per heavy atom. The number of benzene rings is 3. The van der Waals surface area contributed by atoms with Gasteiger partial charge in [0.05, 0.1) is 22.6 Å². The maximum Gasteiger partial charge on any atom is 0.295 e. The van der Waals surface area contributed by atoms with E-state index in [9.17, 15) is 19.2 Å². The van der Waals surface area contributed by atoms with Crippen LogP contribution in [0.2, 0.25) is 0 Å². The summed E-state index contributed by atoms with van der Waals surface area (Å²) in [5.74, 6) is -1.45. The molecule has 188 valence electrons. The summed E-state index contributed by atoms with van der Waals surface area (Å²) in [7, 11) is 1.73. The summed E-state index contributed by atoms with van der Waals surface area (Å²) < 4.78 is 3.11. The van der Waals surface area contributed by atoms with Crippen molar-refractivity contribution in [2.75, 3.05) is 10.6 Å². The zero-order chi connectivity index (χ0) is 26.5. The first kappa shape index (κ1) is 25.2. The number of hydrogen-bond donors (Lipinski definition) is 3. The van der Waals surface area contributed by atoms with E-state index >= 15 is 0 Å².